The number of ether oxygens (including phenoxy) is 2. The van der Waals surface area contributed by atoms with Crippen LogP contribution in [-0.4, -0.2) is 43.3 Å². The average molecular weight is 433 g/mol. The Balaban J connectivity index is 1.84. The number of rotatable bonds is 8. The van der Waals surface area contributed by atoms with E-state index in [0.717, 1.165) is 5.56 Å². The van der Waals surface area contributed by atoms with Crippen LogP contribution in [0.2, 0.25) is 0 Å². The van der Waals surface area contributed by atoms with Crippen molar-refractivity contribution in [3.63, 3.8) is 0 Å². The average Bonchev–Trinajstić information content (AvgIpc) is 2.82. The zero-order chi connectivity index (χ0) is 22.9. The van der Waals surface area contributed by atoms with Crippen LogP contribution in [0.3, 0.4) is 0 Å². The summed E-state index contributed by atoms with van der Waals surface area (Å²) in [6, 6.07) is 13.9. The van der Waals surface area contributed by atoms with E-state index >= 15 is 0 Å². The van der Waals surface area contributed by atoms with Crippen LogP contribution in [0.1, 0.15) is 5.56 Å². The van der Waals surface area contributed by atoms with Crippen LogP contribution in [0.25, 0.3) is 11.3 Å². The standard InChI is InChI=1S/C22H23N7O3/c1-31-18-11-16(10-17(12-18)28-22(30)26-8-6-23)27-21-25-7-5-19(29-21)14-3-4-20(32-2)15(9-14)13-24/h3-5,7,9-12H,6,8,23H2,1-2H3,(H,25,27,29)(H2,26,28,30). The van der Waals surface area contributed by atoms with Gasteiger partial charge in [-0.25, -0.2) is 14.8 Å². The summed E-state index contributed by atoms with van der Waals surface area (Å²) in [6.07, 6.45) is 1.61. The van der Waals surface area contributed by atoms with Crippen molar-refractivity contribution in [3.05, 3.63) is 54.2 Å². The minimum Gasteiger partial charge on any atom is -0.497 e. The molecule has 1 aromatic heterocycles. The minimum absolute atomic E-state index is 0.337. The Hall–Kier alpha value is -4.36. The maximum Gasteiger partial charge on any atom is 0.319 e. The molecule has 164 valence electrons. The largest absolute Gasteiger partial charge is 0.497 e. The van der Waals surface area contributed by atoms with Crippen LogP contribution in [0.4, 0.5) is 22.1 Å². The highest BCUT2D eigenvalue weighted by Gasteiger charge is 2.10. The third kappa shape index (κ3) is 5.62. The molecule has 0 fully saturated rings. The van der Waals surface area contributed by atoms with Crippen molar-refractivity contribution in [2.24, 2.45) is 5.73 Å². The number of nitriles is 1. The van der Waals surface area contributed by atoms with Gasteiger partial charge in [0, 0.05) is 48.4 Å². The quantitative estimate of drug-likeness (QED) is 0.424. The van der Waals surface area contributed by atoms with Gasteiger partial charge < -0.3 is 31.2 Å². The Labute approximate surface area is 185 Å². The van der Waals surface area contributed by atoms with E-state index in [1.807, 2.05) is 6.07 Å². The Morgan fingerprint density at radius 2 is 1.94 bits per heavy atom. The van der Waals surface area contributed by atoms with E-state index < -0.39 is 0 Å². The molecule has 32 heavy (non-hydrogen) atoms. The molecule has 0 aliphatic rings. The zero-order valence-electron chi connectivity index (χ0n) is 17.7. The number of urea groups is 1. The van der Waals surface area contributed by atoms with Gasteiger partial charge >= 0.3 is 6.03 Å². The third-order valence-corrected chi connectivity index (χ3v) is 4.36. The summed E-state index contributed by atoms with van der Waals surface area (Å²) >= 11 is 0. The van der Waals surface area contributed by atoms with Crippen LogP contribution >= 0.6 is 0 Å². The topological polar surface area (TPSA) is 147 Å². The summed E-state index contributed by atoms with van der Waals surface area (Å²) in [6.45, 7) is 0.705. The minimum atomic E-state index is -0.374. The van der Waals surface area contributed by atoms with E-state index in [4.69, 9.17) is 15.2 Å². The lowest BCUT2D eigenvalue weighted by Gasteiger charge is -2.12. The molecular weight excluding hydrogens is 410 g/mol. The molecule has 0 unspecified atom stereocenters. The fraction of sp³-hybridized carbons (Fsp3) is 0.182. The molecule has 2 amide bonds. The summed E-state index contributed by atoms with van der Waals surface area (Å²) in [7, 11) is 3.05. The third-order valence-electron chi connectivity index (χ3n) is 4.36. The molecule has 10 heteroatoms. The number of amides is 2. The van der Waals surface area contributed by atoms with Crippen molar-refractivity contribution in [3.8, 4) is 28.8 Å². The van der Waals surface area contributed by atoms with E-state index in [2.05, 4.69) is 32.0 Å². The molecule has 1 heterocycles. The number of methoxy groups -OCH3 is 2. The van der Waals surface area contributed by atoms with Crippen molar-refractivity contribution >= 4 is 23.4 Å². The Morgan fingerprint density at radius 3 is 2.66 bits per heavy atom. The molecule has 3 aromatic rings. The first-order valence-electron chi connectivity index (χ1n) is 9.69. The van der Waals surface area contributed by atoms with Gasteiger partial charge in [0.05, 0.1) is 25.5 Å². The van der Waals surface area contributed by atoms with Gasteiger partial charge in [-0.15, -0.1) is 0 Å². The molecule has 0 aliphatic carbocycles. The molecule has 0 atom stereocenters. The Kier molecular flexibility index (Phi) is 7.40. The number of aromatic nitrogens is 2. The maximum absolute atomic E-state index is 11.9. The Bertz CT molecular complexity index is 1140. The number of hydrogen-bond acceptors (Lipinski definition) is 8. The number of carbonyl (C=O) groups excluding carboxylic acids is 1. The van der Waals surface area contributed by atoms with Crippen LogP contribution in [0.5, 0.6) is 11.5 Å². The van der Waals surface area contributed by atoms with Gasteiger partial charge in [0.15, 0.2) is 0 Å². The van der Waals surface area contributed by atoms with Gasteiger partial charge in [-0.1, -0.05) is 0 Å². The van der Waals surface area contributed by atoms with Crippen molar-refractivity contribution in [1.29, 1.82) is 5.26 Å². The normalized spacial score (nSPS) is 10.1. The molecule has 0 bridgehead atoms. The van der Waals surface area contributed by atoms with Crippen LogP contribution in [-0.2, 0) is 0 Å². The maximum atomic E-state index is 11.9. The Morgan fingerprint density at radius 1 is 1.12 bits per heavy atom. The molecule has 0 aliphatic heterocycles. The number of anilines is 3. The molecule has 5 N–H and O–H groups in total. The predicted molar refractivity (Wildman–Crippen MR) is 121 cm³/mol. The number of carbonyl (C=O) groups is 1. The fourth-order valence-electron chi connectivity index (χ4n) is 2.89. The van der Waals surface area contributed by atoms with Gasteiger partial charge in [0.25, 0.3) is 0 Å². The second-order valence-corrected chi connectivity index (χ2v) is 6.54. The first kappa shape index (κ1) is 22.3. The highest BCUT2D eigenvalue weighted by molar-refractivity contribution is 5.90. The predicted octanol–water partition coefficient (Wildman–Crippen LogP) is 2.86. The number of nitrogens with one attached hydrogen (secondary N) is 3. The van der Waals surface area contributed by atoms with E-state index in [1.165, 1.54) is 14.2 Å². The van der Waals surface area contributed by atoms with Gasteiger partial charge in [0.1, 0.15) is 17.6 Å². The molecule has 3 rings (SSSR count). The summed E-state index contributed by atoms with van der Waals surface area (Å²) in [5.41, 5.74) is 8.32. The van der Waals surface area contributed by atoms with Gasteiger partial charge in [-0.2, -0.15) is 5.26 Å². The smallest absolute Gasteiger partial charge is 0.319 e. The lowest BCUT2D eigenvalue weighted by molar-refractivity contribution is 0.252. The van der Waals surface area contributed by atoms with Crippen molar-refractivity contribution < 1.29 is 14.3 Å². The zero-order valence-corrected chi connectivity index (χ0v) is 17.7. The van der Waals surface area contributed by atoms with Gasteiger partial charge in [0.2, 0.25) is 5.95 Å². The highest BCUT2D eigenvalue weighted by Crippen LogP contribution is 2.28. The first-order valence-corrected chi connectivity index (χ1v) is 9.69. The second kappa shape index (κ2) is 10.6. The number of nitrogens with zero attached hydrogens (tertiary/aromatic N) is 3. The van der Waals surface area contributed by atoms with Crippen molar-refractivity contribution in [2.75, 3.05) is 37.9 Å². The summed E-state index contributed by atoms with van der Waals surface area (Å²) in [5.74, 6) is 1.37. The second-order valence-electron chi connectivity index (χ2n) is 6.54. The van der Waals surface area contributed by atoms with Crippen molar-refractivity contribution in [2.45, 2.75) is 0 Å². The number of nitrogens with two attached hydrogens (primary N) is 1. The lowest BCUT2D eigenvalue weighted by Crippen LogP contribution is -2.32. The molecular formula is C22H23N7O3. The molecule has 0 saturated carbocycles. The van der Waals surface area contributed by atoms with E-state index in [9.17, 15) is 10.1 Å². The number of benzene rings is 2. The van der Waals surface area contributed by atoms with Crippen LogP contribution < -0.4 is 31.2 Å². The van der Waals surface area contributed by atoms with Crippen LogP contribution in [0, 0.1) is 11.3 Å². The molecule has 0 radical (unpaired) electrons. The van der Waals surface area contributed by atoms with E-state index in [1.54, 1.807) is 42.6 Å². The van der Waals surface area contributed by atoms with Gasteiger partial charge in [-0.05, 0) is 30.3 Å². The number of hydrogen-bond donors (Lipinski definition) is 4. The van der Waals surface area contributed by atoms with Crippen molar-refractivity contribution in [1.82, 2.24) is 15.3 Å². The molecule has 10 nitrogen and oxygen atoms in total. The van der Waals surface area contributed by atoms with E-state index in [0.29, 0.717) is 53.2 Å². The summed E-state index contributed by atoms with van der Waals surface area (Å²) in [4.78, 5) is 20.7. The molecule has 0 saturated heterocycles. The fourth-order valence-corrected chi connectivity index (χ4v) is 2.89. The lowest BCUT2D eigenvalue weighted by atomic mass is 10.1. The summed E-state index contributed by atoms with van der Waals surface area (Å²) in [5, 5.41) is 17.8. The monoisotopic (exact) mass is 433 g/mol. The van der Waals surface area contributed by atoms with Crippen LogP contribution in [0.15, 0.2) is 48.7 Å². The first-order chi connectivity index (χ1) is 15.6. The van der Waals surface area contributed by atoms with E-state index in [-0.39, 0.29) is 6.03 Å². The molecule has 2 aromatic carbocycles. The van der Waals surface area contributed by atoms with Gasteiger partial charge in [-0.3, -0.25) is 0 Å². The highest BCUT2D eigenvalue weighted by atomic mass is 16.5. The summed E-state index contributed by atoms with van der Waals surface area (Å²) < 4.78 is 10.5. The SMILES string of the molecule is COc1cc(NC(=O)NCCN)cc(Nc2nccc(-c3ccc(OC)c(C#N)c3)n2)c1. The molecule has 0 spiro atoms.